The number of carbonyl (C=O) groups excluding carboxylic acids is 1. The van der Waals surface area contributed by atoms with Gasteiger partial charge in [0.1, 0.15) is 0 Å². The van der Waals surface area contributed by atoms with Crippen molar-refractivity contribution in [3.8, 4) is 0 Å². The van der Waals surface area contributed by atoms with Gasteiger partial charge in [-0.25, -0.2) is 0 Å². The second kappa shape index (κ2) is 22.4. The van der Waals surface area contributed by atoms with Gasteiger partial charge in [-0.1, -0.05) is 20.8 Å². The van der Waals surface area contributed by atoms with Crippen molar-refractivity contribution in [2.24, 2.45) is 0 Å². The predicted octanol–water partition coefficient (Wildman–Crippen LogP) is 2.52. The molecule has 0 saturated carbocycles. The van der Waals surface area contributed by atoms with Crippen LogP contribution in [0.1, 0.15) is 28.6 Å². The quantitative estimate of drug-likeness (QED) is 0.523. The number of hydrogen-bond donors (Lipinski definition) is 2. The number of nitrogens with one attached hydrogen (secondary N) is 1. The SMILES string of the molecule is C=C.CC.CCCNC(=O)CS.[HH]. The van der Waals surface area contributed by atoms with Gasteiger partial charge >= 0.3 is 0 Å². The first-order valence-corrected chi connectivity index (χ1v) is 4.82. The van der Waals surface area contributed by atoms with Gasteiger partial charge in [0, 0.05) is 7.97 Å². The monoisotopic (exact) mass is 193 g/mol. The van der Waals surface area contributed by atoms with Crippen LogP contribution in [0, 0.1) is 0 Å². The molecular formula is C9H23NOS. The molecule has 0 rings (SSSR count). The number of hydrogen-bond acceptors (Lipinski definition) is 2. The van der Waals surface area contributed by atoms with Crippen LogP contribution < -0.4 is 5.32 Å². The molecule has 0 saturated heterocycles. The Balaban J connectivity index is -0.0000000712. The number of amides is 1. The van der Waals surface area contributed by atoms with Crippen LogP contribution in [-0.2, 0) is 4.79 Å². The van der Waals surface area contributed by atoms with E-state index in [0.717, 1.165) is 13.0 Å². The molecule has 1 amide bonds. The van der Waals surface area contributed by atoms with Crippen molar-refractivity contribution in [1.29, 1.82) is 0 Å². The molecule has 0 fully saturated rings. The van der Waals surface area contributed by atoms with Gasteiger partial charge in [-0.2, -0.15) is 12.6 Å². The highest BCUT2D eigenvalue weighted by molar-refractivity contribution is 7.81. The molecule has 0 aliphatic carbocycles. The van der Waals surface area contributed by atoms with Crippen molar-refractivity contribution in [3.63, 3.8) is 0 Å². The van der Waals surface area contributed by atoms with Gasteiger partial charge in [-0.15, -0.1) is 13.2 Å². The Hall–Kier alpha value is -0.440. The van der Waals surface area contributed by atoms with Crippen LogP contribution in [0.4, 0.5) is 0 Å². The molecule has 1 N–H and O–H groups in total. The molecular weight excluding hydrogens is 170 g/mol. The standard InChI is InChI=1S/C5H11NOS.C2H6.C2H4.H2/c1-2-3-6-5(7)4-8;2*1-2;/h8H,2-4H2,1H3,(H,6,7);1-2H3;1-2H2;1H. The van der Waals surface area contributed by atoms with Crippen LogP contribution in [0.15, 0.2) is 13.2 Å². The summed E-state index contributed by atoms with van der Waals surface area (Å²) in [6, 6.07) is 0. The van der Waals surface area contributed by atoms with Crippen LogP contribution in [0.25, 0.3) is 0 Å². The highest BCUT2D eigenvalue weighted by atomic mass is 32.1. The van der Waals surface area contributed by atoms with Gasteiger partial charge in [-0.3, -0.25) is 4.79 Å². The average Bonchev–Trinajstić information content (AvgIpc) is 2.20. The average molecular weight is 193 g/mol. The van der Waals surface area contributed by atoms with Crippen LogP contribution in [0.2, 0.25) is 0 Å². The lowest BCUT2D eigenvalue weighted by molar-refractivity contribution is -0.118. The maximum absolute atomic E-state index is 10.4. The van der Waals surface area contributed by atoms with Crippen LogP contribution in [0.3, 0.4) is 0 Å². The Morgan fingerprint density at radius 3 is 2.17 bits per heavy atom. The lowest BCUT2D eigenvalue weighted by Crippen LogP contribution is -2.24. The highest BCUT2D eigenvalue weighted by Crippen LogP contribution is 1.74. The largest absolute Gasteiger partial charge is 0.355 e. The molecule has 3 heteroatoms. The van der Waals surface area contributed by atoms with Gasteiger partial charge in [-0.05, 0) is 6.42 Å². The Morgan fingerprint density at radius 2 is 1.92 bits per heavy atom. The van der Waals surface area contributed by atoms with Gasteiger partial charge in [0.25, 0.3) is 0 Å². The van der Waals surface area contributed by atoms with Crippen molar-refractivity contribution < 1.29 is 6.22 Å². The van der Waals surface area contributed by atoms with E-state index in [2.05, 4.69) is 31.1 Å². The molecule has 2 nitrogen and oxygen atoms in total. The minimum absolute atomic E-state index is 0. The van der Waals surface area contributed by atoms with E-state index in [-0.39, 0.29) is 7.33 Å². The minimum atomic E-state index is 0. The van der Waals surface area contributed by atoms with E-state index in [0.29, 0.717) is 5.75 Å². The summed E-state index contributed by atoms with van der Waals surface area (Å²) in [5, 5.41) is 2.67. The van der Waals surface area contributed by atoms with E-state index in [1.54, 1.807) is 0 Å². The Morgan fingerprint density at radius 1 is 1.50 bits per heavy atom. The van der Waals surface area contributed by atoms with Crippen molar-refractivity contribution in [1.82, 2.24) is 5.32 Å². The fraction of sp³-hybridized carbons (Fsp3) is 0.667. The molecule has 12 heavy (non-hydrogen) atoms. The van der Waals surface area contributed by atoms with Crippen LogP contribution >= 0.6 is 12.6 Å². The van der Waals surface area contributed by atoms with E-state index < -0.39 is 0 Å². The number of rotatable bonds is 3. The Bertz CT molecular complexity index is 91.7. The first-order valence-electron chi connectivity index (χ1n) is 4.18. The van der Waals surface area contributed by atoms with E-state index in [4.69, 9.17) is 0 Å². The summed E-state index contributed by atoms with van der Waals surface area (Å²) < 4.78 is 0. The summed E-state index contributed by atoms with van der Waals surface area (Å²) in [6.07, 6.45) is 0.986. The minimum Gasteiger partial charge on any atom is -0.355 e. The molecule has 0 spiro atoms. The zero-order valence-electron chi connectivity index (χ0n) is 8.39. The highest BCUT2D eigenvalue weighted by Gasteiger charge is 1.91. The van der Waals surface area contributed by atoms with Crippen molar-refractivity contribution in [2.75, 3.05) is 12.3 Å². The zero-order valence-corrected chi connectivity index (χ0v) is 9.29. The summed E-state index contributed by atoms with van der Waals surface area (Å²) in [4.78, 5) is 10.4. The summed E-state index contributed by atoms with van der Waals surface area (Å²) in [5.41, 5.74) is 0. The third-order valence-electron chi connectivity index (χ3n) is 0.716. The lowest BCUT2D eigenvalue weighted by atomic mass is 10.5. The zero-order chi connectivity index (χ0) is 10.4. The number of carbonyl (C=O) groups is 1. The third kappa shape index (κ3) is 22.7. The Labute approximate surface area is 83.3 Å². The molecule has 0 aromatic rings. The second-order valence-electron chi connectivity index (χ2n) is 1.51. The summed E-state index contributed by atoms with van der Waals surface area (Å²) >= 11 is 3.78. The molecule has 0 radical (unpaired) electrons. The lowest BCUT2D eigenvalue weighted by Gasteiger charge is -1.96. The maximum atomic E-state index is 10.4. The van der Waals surface area contributed by atoms with E-state index in [1.807, 2.05) is 20.8 Å². The van der Waals surface area contributed by atoms with Crippen molar-refractivity contribution >= 4 is 18.5 Å². The van der Waals surface area contributed by atoms with E-state index in [9.17, 15) is 4.79 Å². The normalized spacial score (nSPS) is 6.67. The van der Waals surface area contributed by atoms with E-state index in [1.165, 1.54) is 0 Å². The second-order valence-corrected chi connectivity index (χ2v) is 1.82. The smallest absolute Gasteiger partial charge is 0.229 e. The Kier molecular flexibility index (Phi) is 32.9. The van der Waals surface area contributed by atoms with Gasteiger partial charge in [0.05, 0.1) is 5.75 Å². The van der Waals surface area contributed by atoms with Crippen LogP contribution in [0.5, 0.6) is 0 Å². The van der Waals surface area contributed by atoms with E-state index >= 15 is 0 Å². The fourth-order valence-electron chi connectivity index (χ4n) is 0.320. The molecule has 0 heterocycles. The number of thiol groups is 1. The topological polar surface area (TPSA) is 29.1 Å². The summed E-state index contributed by atoms with van der Waals surface area (Å²) in [7, 11) is 0. The molecule has 76 valence electrons. The van der Waals surface area contributed by atoms with Gasteiger partial charge < -0.3 is 5.32 Å². The maximum Gasteiger partial charge on any atom is 0.229 e. The molecule has 0 unspecified atom stereocenters. The van der Waals surface area contributed by atoms with Crippen molar-refractivity contribution in [2.45, 2.75) is 27.2 Å². The molecule has 0 bridgehead atoms. The molecule has 0 aliphatic heterocycles. The summed E-state index contributed by atoms with van der Waals surface area (Å²) in [6.45, 7) is 12.8. The molecule has 0 aromatic carbocycles. The first-order chi connectivity index (χ1) is 5.81. The predicted molar refractivity (Wildman–Crippen MR) is 61.9 cm³/mol. The molecule has 0 aliphatic rings. The molecule has 0 aromatic heterocycles. The first kappa shape index (κ1) is 17.6. The van der Waals surface area contributed by atoms with Gasteiger partial charge in [0.15, 0.2) is 0 Å². The summed E-state index contributed by atoms with van der Waals surface area (Å²) in [5.74, 6) is 0.301. The van der Waals surface area contributed by atoms with Crippen LogP contribution in [-0.4, -0.2) is 18.2 Å². The third-order valence-corrected chi connectivity index (χ3v) is 1.00. The molecule has 0 atom stereocenters. The van der Waals surface area contributed by atoms with Gasteiger partial charge in [0.2, 0.25) is 5.91 Å². The van der Waals surface area contributed by atoms with Crippen molar-refractivity contribution in [3.05, 3.63) is 13.2 Å². The fourth-order valence-corrected chi connectivity index (χ4v) is 0.432.